The summed E-state index contributed by atoms with van der Waals surface area (Å²) in [4.78, 5) is 5.38. The predicted molar refractivity (Wildman–Crippen MR) is 94.1 cm³/mol. The normalized spacial score (nSPS) is 14.6. The highest BCUT2D eigenvalue weighted by molar-refractivity contribution is 7.99. The SMILES string of the molecule is CCC(C)(C)C(O)(CSc1ccc(C)cc1)c1cccnc1. The maximum absolute atomic E-state index is 11.5. The lowest BCUT2D eigenvalue weighted by molar-refractivity contribution is -0.0550. The van der Waals surface area contributed by atoms with Gasteiger partial charge < -0.3 is 5.11 Å². The molecular formula is C19H25NOS. The fourth-order valence-corrected chi connectivity index (χ4v) is 3.65. The summed E-state index contributed by atoms with van der Waals surface area (Å²) in [6, 6.07) is 12.3. The van der Waals surface area contributed by atoms with Gasteiger partial charge in [-0.2, -0.15) is 0 Å². The maximum atomic E-state index is 11.5. The van der Waals surface area contributed by atoms with Gasteiger partial charge in [0.25, 0.3) is 0 Å². The van der Waals surface area contributed by atoms with E-state index in [9.17, 15) is 5.11 Å². The minimum atomic E-state index is -0.911. The Morgan fingerprint density at radius 1 is 1.14 bits per heavy atom. The molecule has 0 aliphatic carbocycles. The largest absolute Gasteiger partial charge is 0.384 e. The number of aliphatic hydroxyl groups is 1. The summed E-state index contributed by atoms with van der Waals surface area (Å²) >= 11 is 1.70. The van der Waals surface area contributed by atoms with Gasteiger partial charge >= 0.3 is 0 Å². The average molecular weight is 315 g/mol. The van der Waals surface area contributed by atoms with Gasteiger partial charge in [0.1, 0.15) is 5.60 Å². The van der Waals surface area contributed by atoms with Crippen molar-refractivity contribution in [2.45, 2.75) is 44.6 Å². The molecular weight excluding hydrogens is 290 g/mol. The Bertz CT molecular complexity index is 595. The highest BCUT2D eigenvalue weighted by Crippen LogP contribution is 2.45. The Morgan fingerprint density at radius 3 is 2.36 bits per heavy atom. The van der Waals surface area contributed by atoms with E-state index in [1.165, 1.54) is 10.5 Å². The number of rotatable bonds is 6. The summed E-state index contributed by atoms with van der Waals surface area (Å²) in [6.07, 6.45) is 4.43. The van der Waals surface area contributed by atoms with E-state index in [2.05, 4.69) is 56.9 Å². The van der Waals surface area contributed by atoms with E-state index >= 15 is 0 Å². The van der Waals surface area contributed by atoms with Gasteiger partial charge in [-0.05, 0) is 37.0 Å². The Hall–Kier alpha value is -1.32. The second-order valence-electron chi connectivity index (χ2n) is 6.44. The molecule has 1 aromatic carbocycles. The standard InChI is InChI=1S/C19H25NOS/c1-5-18(3,4)19(21,16-7-6-12-20-13-16)14-22-17-10-8-15(2)9-11-17/h6-13,21H,5,14H2,1-4H3. The third-order valence-electron chi connectivity index (χ3n) is 4.61. The molecule has 3 heteroatoms. The highest BCUT2D eigenvalue weighted by atomic mass is 32.2. The first-order chi connectivity index (χ1) is 10.4. The number of nitrogens with zero attached hydrogens (tertiary/aromatic N) is 1. The zero-order valence-electron chi connectivity index (χ0n) is 13.8. The van der Waals surface area contributed by atoms with E-state index in [-0.39, 0.29) is 5.41 Å². The van der Waals surface area contributed by atoms with Crippen LogP contribution in [0.15, 0.2) is 53.7 Å². The molecule has 0 radical (unpaired) electrons. The molecule has 118 valence electrons. The highest BCUT2D eigenvalue weighted by Gasteiger charge is 2.43. The minimum absolute atomic E-state index is 0.228. The van der Waals surface area contributed by atoms with Crippen LogP contribution in [0.1, 0.15) is 38.3 Å². The van der Waals surface area contributed by atoms with Crippen molar-refractivity contribution >= 4 is 11.8 Å². The molecule has 0 bridgehead atoms. The third-order valence-corrected chi connectivity index (χ3v) is 5.78. The third kappa shape index (κ3) is 3.53. The first-order valence-electron chi connectivity index (χ1n) is 7.71. The molecule has 0 spiro atoms. The molecule has 1 heterocycles. The van der Waals surface area contributed by atoms with E-state index in [1.54, 1.807) is 24.2 Å². The van der Waals surface area contributed by atoms with Crippen molar-refractivity contribution in [1.82, 2.24) is 4.98 Å². The van der Waals surface area contributed by atoms with Crippen LogP contribution in [0.3, 0.4) is 0 Å². The molecule has 0 saturated heterocycles. The second kappa shape index (κ2) is 6.84. The molecule has 2 nitrogen and oxygen atoms in total. The molecule has 0 aliphatic heterocycles. The van der Waals surface area contributed by atoms with Gasteiger partial charge in [-0.3, -0.25) is 4.98 Å². The number of aromatic nitrogens is 1. The molecule has 1 atom stereocenters. The molecule has 2 rings (SSSR count). The van der Waals surface area contributed by atoms with Crippen molar-refractivity contribution in [3.8, 4) is 0 Å². The van der Waals surface area contributed by atoms with Crippen molar-refractivity contribution < 1.29 is 5.11 Å². The van der Waals surface area contributed by atoms with Crippen LogP contribution < -0.4 is 0 Å². The molecule has 1 N–H and O–H groups in total. The Kier molecular flexibility index (Phi) is 5.30. The fraction of sp³-hybridized carbons (Fsp3) is 0.421. The van der Waals surface area contributed by atoms with Gasteiger partial charge in [0.2, 0.25) is 0 Å². The lowest BCUT2D eigenvalue weighted by Crippen LogP contribution is -2.44. The number of hydrogen-bond donors (Lipinski definition) is 1. The number of pyridine rings is 1. The summed E-state index contributed by atoms with van der Waals surface area (Å²) in [5, 5.41) is 11.5. The molecule has 0 amide bonds. The maximum Gasteiger partial charge on any atom is 0.105 e. The number of thioether (sulfide) groups is 1. The minimum Gasteiger partial charge on any atom is -0.384 e. The lowest BCUT2D eigenvalue weighted by Gasteiger charge is -2.42. The van der Waals surface area contributed by atoms with Crippen molar-refractivity contribution in [1.29, 1.82) is 0 Å². The summed E-state index contributed by atoms with van der Waals surface area (Å²) in [5.41, 5.74) is 1.00. The quantitative estimate of drug-likeness (QED) is 0.777. The fourth-order valence-electron chi connectivity index (χ4n) is 2.39. The summed E-state index contributed by atoms with van der Waals surface area (Å²) in [7, 11) is 0. The monoisotopic (exact) mass is 315 g/mol. The molecule has 1 aromatic heterocycles. The van der Waals surface area contributed by atoms with E-state index in [0.29, 0.717) is 5.75 Å². The molecule has 1 unspecified atom stereocenters. The van der Waals surface area contributed by atoms with Crippen molar-refractivity contribution in [2.24, 2.45) is 5.41 Å². The van der Waals surface area contributed by atoms with Crippen LogP contribution in [0, 0.1) is 12.3 Å². The Morgan fingerprint density at radius 2 is 1.82 bits per heavy atom. The molecule has 2 aromatic rings. The van der Waals surface area contributed by atoms with Gasteiger partial charge in [0.05, 0.1) is 0 Å². The van der Waals surface area contributed by atoms with Crippen LogP contribution in [0.2, 0.25) is 0 Å². The van der Waals surface area contributed by atoms with E-state index in [0.717, 1.165) is 12.0 Å². The molecule has 0 fully saturated rings. The van der Waals surface area contributed by atoms with Crippen molar-refractivity contribution in [2.75, 3.05) is 5.75 Å². The summed E-state index contributed by atoms with van der Waals surface area (Å²) in [6.45, 7) is 8.45. The van der Waals surface area contributed by atoms with Crippen LogP contribution in [0.5, 0.6) is 0 Å². The van der Waals surface area contributed by atoms with Gasteiger partial charge in [0.15, 0.2) is 0 Å². The van der Waals surface area contributed by atoms with E-state index in [1.807, 2.05) is 12.1 Å². The summed E-state index contributed by atoms with van der Waals surface area (Å²) < 4.78 is 0. The van der Waals surface area contributed by atoms with Crippen molar-refractivity contribution in [3.63, 3.8) is 0 Å². The number of hydrogen-bond acceptors (Lipinski definition) is 3. The van der Waals surface area contributed by atoms with Crippen LogP contribution in [0.25, 0.3) is 0 Å². The van der Waals surface area contributed by atoms with Crippen LogP contribution >= 0.6 is 11.8 Å². The first-order valence-corrected chi connectivity index (χ1v) is 8.70. The lowest BCUT2D eigenvalue weighted by atomic mass is 9.70. The molecule has 22 heavy (non-hydrogen) atoms. The Balaban J connectivity index is 2.28. The zero-order chi connectivity index (χ0) is 16.2. The number of benzene rings is 1. The summed E-state index contributed by atoms with van der Waals surface area (Å²) in [5.74, 6) is 0.614. The van der Waals surface area contributed by atoms with Gasteiger partial charge in [-0.25, -0.2) is 0 Å². The van der Waals surface area contributed by atoms with E-state index < -0.39 is 5.60 Å². The molecule has 0 aliphatic rings. The van der Waals surface area contributed by atoms with Gasteiger partial charge in [0, 0.05) is 28.6 Å². The van der Waals surface area contributed by atoms with Crippen molar-refractivity contribution in [3.05, 3.63) is 59.9 Å². The van der Waals surface area contributed by atoms with Crippen LogP contribution in [0.4, 0.5) is 0 Å². The first kappa shape index (κ1) is 17.0. The topological polar surface area (TPSA) is 33.1 Å². The Labute approximate surface area is 138 Å². The second-order valence-corrected chi connectivity index (χ2v) is 7.49. The number of aryl methyl sites for hydroxylation is 1. The van der Waals surface area contributed by atoms with Gasteiger partial charge in [-0.15, -0.1) is 11.8 Å². The molecule has 0 saturated carbocycles. The zero-order valence-corrected chi connectivity index (χ0v) is 14.7. The predicted octanol–water partition coefficient (Wildman–Crippen LogP) is 4.81. The van der Waals surface area contributed by atoms with Gasteiger partial charge in [-0.1, -0.05) is 44.5 Å². The average Bonchev–Trinajstić information content (AvgIpc) is 2.54. The van der Waals surface area contributed by atoms with Crippen LogP contribution in [-0.2, 0) is 5.60 Å². The van der Waals surface area contributed by atoms with E-state index in [4.69, 9.17) is 0 Å². The smallest absolute Gasteiger partial charge is 0.105 e. The van der Waals surface area contributed by atoms with Crippen LogP contribution in [-0.4, -0.2) is 15.8 Å².